The van der Waals surface area contributed by atoms with Gasteiger partial charge in [-0.3, -0.25) is 4.79 Å². The van der Waals surface area contributed by atoms with Crippen LogP contribution in [0.1, 0.15) is 40.4 Å². The maximum atomic E-state index is 12.3. The average molecular weight is 341 g/mol. The van der Waals surface area contributed by atoms with Gasteiger partial charge in [-0.15, -0.1) is 11.8 Å². The third kappa shape index (κ3) is 3.79. The standard InChI is InChI=1S/C19H19NO3S/c21-18(10-9-13-5-1-2-6-14(13)19(22)23)20-16-11-12-24-17-8-4-3-7-15(16)17/h1-8,16H,9-12H2,(H,20,21)(H,22,23). The number of carbonyl (C=O) groups excluding carboxylic acids is 1. The van der Waals surface area contributed by atoms with Gasteiger partial charge in [0.25, 0.3) is 0 Å². The number of carbonyl (C=O) groups is 2. The van der Waals surface area contributed by atoms with Crippen molar-refractivity contribution in [1.29, 1.82) is 0 Å². The van der Waals surface area contributed by atoms with Gasteiger partial charge in [0.05, 0.1) is 11.6 Å². The Labute approximate surface area is 145 Å². The van der Waals surface area contributed by atoms with Crippen LogP contribution in [0.5, 0.6) is 0 Å². The van der Waals surface area contributed by atoms with Gasteiger partial charge in [0, 0.05) is 17.1 Å². The topological polar surface area (TPSA) is 66.4 Å². The summed E-state index contributed by atoms with van der Waals surface area (Å²) in [4.78, 5) is 24.8. The first kappa shape index (κ1) is 16.6. The monoisotopic (exact) mass is 341 g/mol. The zero-order chi connectivity index (χ0) is 16.9. The van der Waals surface area contributed by atoms with E-state index in [0.29, 0.717) is 12.0 Å². The number of carboxylic acids is 1. The summed E-state index contributed by atoms with van der Waals surface area (Å²) >= 11 is 1.82. The molecule has 0 bridgehead atoms. The van der Waals surface area contributed by atoms with E-state index in [4.69, 9.17) is 0 Å². The van der Waals surface area contributed by atoms with E-state index in [1.54, 1.807) is 24.3 Å². The maximum Gasteiger partial charge on any atom is 0.335 e. The van der Waals surface area contributed by atoms with E-state index >= 15 is 0 Å². The summed E-state index contributed by atoms with van der Waals surface area (Å²) in [5.41, 5.74) is 2.14. The normalized spacial score (nSPS) is 16.2. The summed E-state index contributed by atoms with van der Waals surface area (Å²) < 4.78 is 0. The van der Waals surface area contributed by atoms with Crippen molar-refractivity contribution in [3.05, 3.63) is 65.2 Å². The van der Waals surface area contributed by atoms with Crippen molar-refractivity contribution < 1.29 is 14.7 Å². The Morgan fingerprint density at radius 2 is 1.88 bits per heavy atom. The third-order valence-electron chi connectivity index (χ3n) is 4.16. The van der Waals surface area contributed by atoms with Crippen molar-refractivity contribution in [2.24, 2.45) is 0 Å². The summed E-state index contributed by atoms with van der Waals surface area (Å²) in [6.45, 7) is 0. The lowest BCUT2D eigenvalue weighted by Gasteiger charge is -2.26. The molecule has 2 aromatic rings. The first-order chi connectivity index (χ1) is 11.6. The molecule has 0 aliphatic carbocycles. The van der Waals surface area contributed by atoms with Crippen LogP contribution in [0.15, 0.2) is 53.4 Å². The fourth-order valence-electron chi connectivity index (χ4n) is 2.95. The van der Waals surface area contributed by atoms with Crippen molar-refractivity contribution in [1.82, 2.24) is 5.32 Å². The molecule has 5 heteroatoms. The molecule has 0 spiro atoms. The van der Waals surface area contributed by atoms with Crippen LogP contribution in [0.2, 0.25) is 0 Å². The Hall–Kier alpha value is -2.27. The number of hydrogen-bond acceptors (Lipinski definition) is 3. The highest BCUT2D eigenvalue weighted by Crippen LogP contribution is 2.35. The second kappa shape index (κ2) is 7.53. The molecule has 1 aliphatic rings. The highest BCUT2D eigenvalue weighted by Gasteiger charge is 2.22. The first-order valence-corrected chi connectivity index (χ1v) is 8.96. The zero-order valence-electron chi connectivity index (χ0n) is 13.2. The molecule has 1 heterocycles. The number of amides is 1. The van der Waals surface area contributed by atoms with Crippen LogP contribution in [0, 0.1) is 0 Å². The van der Waals surface area contributed by atoms with Gasteiger partial charge in [0.1, 0.15) is 0 Å². The number of hydrogen-bond donors (Lipinski definition) is 2. The van der Waals surface area contributed by atoms with Gasteiger partial charge < -0.3 is 10.4 Å². The summed E-state index contributed by atoms with van der Waals surface area (Å²) in [5.74, 6) is -0.00443. The molecule has 0 saturated carbocycles. The van der Waals surface area contributed by atoms with Crippen LogP contribution < -0.4 is 5.32 Å². The third-order valence-corrected chi connectivity index (χ3v) is 5.29. The zero-order valence-corrected chi connectivity index (χ0v) is 14.0. The molecule has 1 amide bonds. The number of aryl methyl sites for hydroxylation is 1. The molecular weight excluding hydrogens is 322 g/mol. The summed E-state index contributed by atoms with van der Waals surface area (Å²) in [5, 5.41) is 12.3. The molecule has 2 N–H and O–H groups in total. The molecule has 1 unspecified atom stereocenters. The largest absolute Gasteiger partial charge is 0.478 e. The lowest BCUT2D eigenvalue weighted by atomic mass is 10.0. The van der Waals surface area contributed by atoms with Crippen molar-refractivity contribution in [3.8, 4) is 0 Å². The minimum Gasteiger partial charge on any atom is -0.478 e. The SMILES string of the molecule is O=C(CCc1ccccc1C(=O)O)NC1CCSc2ccccc21. The molecule has 0 fully saturated rings. The van der Waals surface area contributed by atoms with Crippen LogP contribution in [-0.2, 0) is 11.2 Å². The van der Waals surface area contributed by atoms with Crippen LogP contribution >= 0.6 is 11.8 Å². The van der Waals surface area contributed by atoms with Crippen LogP contribution in [0.25, 0.3) is 0 Å². The predicted molar refractivity (Wildman–Crippen MR) is 94.4 cm³/mol. The summed E-state index contributed by atoms with van der Waals surface area (Å²) in [6, 6.07) is 15.0. The second-order valence-electron chi connectivity index (χ2n) is 5.76. The van der Waals surface area contributed by atoms with E-state index in [1.807, 2.05) is 23.9 Å². The van der Waals surface area contributed by atoms with Gasteiger partial charge >= 0.3 is 5.97 Å². The van der Waals surface area contributed by atoms with E-state index in [9.17, 15) is 14.7 Å². The highest BCUT2D eigenvalue weighted by atomic mass is 32.2. The van der Waals surface area contributed by atoms with Crippen LogP contribution in [-0.4, -0.2) is 22.7 Å². The Bertz CT molecular complexity index is 760. The first-order valence-electron chi connectivity index (χ1n) is 7.97. The van der Waals surface area contributed by atoms with E-state index in [2.05, 4.69) is 17.4 Å². The van der Waals surface area contributed by atoms with E-state index < -0.39 is 5.97 Å². The molecule has 0 aromatic heterocycles. The van der Waals surface area contributed by atoms with E-state index in [0.717, 1.165) is 12.2 Å². The maximum absolute atomic E-state index is 12.3. The predicted octanol–water partition coefficient (Wildman–Crippen LogP) is 3.67. The van der Waals surface area contributed by atoms with Crippen molar-refractivity contribution in [3.63, 3.8) is 0 Å². The number of thioether (sulfide) groups is 1. The molecule has 1 aliphatic heterocycles. The minimum atomic E-state index is -0.954. The number of rotatable bonds is 5. The Balaban J connectivity index is 1.62. The van der Waals surface area contributed by atoms with Crippen molar-refractivity contribution >= 4 is 23.6 Å². The number of carboxylic acid groups (broad SMARTS) is 1. The second-order valence-corrected chi connectivity index (χ2v) is 6.89. The molecular formula is C19H19NO3S. The summed E-state index contributed by atoms with van der Waals surface area (Å²) in [7, 11) is 0. The Kier molecular flexibility index (Phi) is 5.20. The molecule has 24 heavy (non-hydrogen) atoms. The van der Waals surface area contributed by atoms with E-state index in [-0.39, 0.29) is 23.9 Å². The molecule has 1 atom stereocenters. The Morgan fingerprint density at radius 1 is 1.12 bits per heavy atom. The smallest absolute Gasteiger partial charge is 0.335 e. The van der Waals surface area contributed by atoms with Crippen molar-refractivity contribution in [2.75, 3.05) is 5.75 Å². The number of benzene rings is 2. The van der Waals surface area contributed by atoms with E-state index in [1.165, 1.54) is 10.5 Å². The fraction of sp³-hybridized carbons (Fsp3) is 0.263. The summed E-state index contributed by atoms with van der Waals surface area (Å²) in [6.07, 6.45) is 1.63. The van der Waals surface area contributed by atoms with Crippen LogP contribution in [0.3, 0.4) is 0 Å². The molecule has 124 valence electrons. The number of fused-ring (bicyclic) bond motifs is 1. The molecule has 2 aromatic carbocycles. The van der Waals surface area contributed by atoms with Gasteiger partial charge in [0.15, 0.2) is 0 Å². The highest BCUT2D eigenvalue weighted by molar-refractivity contribution is 7.99. The average Bonchev–Trinajstić information content (AvgIpc) is 2.60. The van der Waals surface area contributed by atoms with Gasteiger partial charge in [-0.25, -0.2) is 4.79 Å². The van der Waals surface area contributed by atoms with Gasteiger partial charge in [-0.05, 0) is 36.1 Å². The Morgan fingerprint density at radius 3 is 2.71 bits per heavy atom. The van der Waals surface area contributed by atoms with Gasteiger partial charge in [-0.2, -0.15) is 0 Å². The quantitative estimate of drug-likeness (QED) is 0.871. The van der Waals surface area contributed by atoms with Crippen LogP contribution in [0.4, 0.5) is 0 Å². The van der Waals surface area contributed by atoms with Gasteiger partial charge in [0.2, 0.25) is 5.91 Å². The number of nitrogens with one attached hydrogen (secondary N) is 1. The molecule has 0 radical (unpaired) electrons. The molecule has 3 rings (SSSR count). The van der Waals surface area contributed by atoms with Gasteiger partial charge in [-0.1, -0.05) is 36.4 Å². The van der Waals surface area contributed by atoms with Crippen molar-refractivity contribution in [2.45, 2.75) is 30.2 Å². The minimum absolute atomic E-state index is 0.0399. The molecule has 4 nitrogen and oxygen atoms in total. The lowest BCUT2D eigenvalue weighted by molar-refractivity contribution is -0.121. The fourth-order valence-corrected chi connectivity index (χ4v) is 4.08. The number of aromatic carboxylic acids is 1. The lowest BCUT2D eigenvalue weighted by Crippen LogP contribution is -2.30. The molecule has 0 saturated heterocycles.